The maximum atomic E-state index is 11.7. The summed E-state index contributed by atoms with van der Waals surface area (Å²) in [6.07, 6.45) is 1.54. The van der Waals surface area contributed by atoms with Crippen LogP contribution in [0.2, 0.25) is 0 Å². The molecule has 1 heterocycles. The summed E-state index contributed by atoms with van der Waals surface area (Å²) in [6, 6.07) is 5.96. The number of rotatable bonds is 2. The average Bonchev–Trinajstić information content (AvgIpc) is 2.35. The second-order valence-corrected chi connectivity index (χ2v) is 4.21. The standard InChI is InChI=1S/C12H16N4O2/c13-8-3-5-9(6-4-8)15-12(18)16-10-2-1-7-14-11(10)17/h3-6,10H,1-2,7,13H2,(H,14,17)(H2,15,16,18). The summed E-state index contributed by atoms with van der Waals surface area (Å²) in [4.78, 5) is 23.1. The summed E-state index contributed by atoms with van der Waals surface area (Å²) < 4.78 is 0. The number of hydrogen-bond acceptors (Lipinski definition) is 3. The van der Waals surface area contributed by atoms with Crippen molar-refractivity contribution in [1.29, 1.82) is 0 Å². The molecule has 5 N–H and O–H groups in total. The predicted octanol–water partition coefficient (Wildman–Crippen LogP) is 0.669. The molecule has 1 aliphatic heterocycles. The summed E-state index contributed by atoms with van der Waals surface area (Å²) in [6.45, 7) is 0.677. The van der Waals surface area contributed by atoms with Crippen LogP contribution in [0.3, 0.4) is 0 Å². The number of nitrogens with two attached hydrogens (primary N) is 1. The molecule has 6 heteroatoms. The molecule has 0 aromatic heterocycles. The molecule has 0 bridgehead atoms. The fraction of sp³-hybridized carbons (Fsp3) is 0.333. The molecule has 1 atom stereocenters. The fourth-order valence-corrected chi connectivity index (χ4v) is 1.80. The maximum absolute atomic E-state index is 11.7. The molecule has 6 nitrogen and oxygen atoms in total. The van der Waals surface area contributed by atoms with Crippen molar-refractivity contribution in [2.45, 2.75) is 18.9 Å². The summed E-state index contributed by atoms with van der Waals surface area (Å²) in [7, 11) is 0. The molecule has 1 aromatic carbocycles. The Balaban J connectivity index is 1.88. The van der Waals surface area contributed by atoms with Crippen LogP contribution in [-0.4, -0.2) is 24.5 Å². The van der Waals surface area contributed by atoms with Crippen LogP contribution in [0.1, 0.15) is 12.8 Å². The SMILES string of the molecule is Nc1ccc(NC(=O)NC2CCCNC2=O)cc1. The first-order valence-corrected chi connectivity index (χ1v) is 5.86. The Morgan fingerprint density at radius 3 is 2.72 bits per heavy atom. The van der Waals surface area contributed by atoms with E-state index in [2.05, 4.69) is 16.0 Å². The molecule has 18 heavy (non-hydrogen) atoms. The smallest absolute Gasteiger partial charge is 0.319 e. The number of urea groups is 1. The quantitative estimate of drug-likeness (QED) is 0.579. The monoisotopic (exact) mass is 248 g/mol. The van der Waals surface area contributed by atoms with Crippen molar-refractivity contribution < 1.29 is 9.59 Å². The first-order valence-electron chi connectivity index (χ1n) is 5.86. The fourth-order valence-electron chi connectivity index (χ4n) is 1.80. The van der Waals surface area contributed by atoms with Crippen LogP contribution >= 0.6 is 0 Å². The lowest BCUT2D eigenvalue weighted by molar-refractivity contribution is -0.124. The highest BCUT2D eigenvalue weighted by molar-refractivity contribution is 5.94. The normalized spacial score (nSPS) is 18.9. The average molecular weight is 248 g/mol. The van der Waals surface area contributed by atoms with Gasteiger partial charge >= 0.3 is 6.03 Å². The zero-order chi connectivity index (χ0) is 13.0. The van der Waals surface area contributed by atoms with Crippen molar-refractivity contribution >= 4 is 23.3 Å². The van der Waals surface area contributed by atoms with Gasteiger partial charge in [-0.05, 0) is 37.1 Å². The Bertz CT molecular complexity index is 444. The molecule has 0 spiro atoms. The minimum absolute atomic E-state index is 0.131. The van der Waals surface area contributed by atoms with E-state index in [-0.39, 0.29) is 11.9 Å². The van der Waals surface area contributed by atoms with Crippen LogP contribution in [0.5, 0.6) is 0 Å². The molecule has 2 rings (SSSR count). The summed E-state index contributed by atoms with van der Waals surface area (Å²) in [5.74, 6) is -0.131. The number of anilines is 2. The number of nitrogens with one attached hydrogen (secondary N) is 3. The number of hydrogen-bond donors (Lipinski definition) is 4. The summed E-state index contributed by atoms with van der Waals surface area (Å²) >= 11 is 0. The molecular weight excluding hydrogens is 232 g/mol. The Morgan fingerprint density at radius 1 is 1.33 bits per heavy atom. The van der Waals surface area contributed by atoms with Gasteiger partial charge in [-0.25, -0.2) is 4.79 Å². The Hall–Kier alpha value is -2.24. The highest BCUT2D eigenvalue weighted by Gasteiger charge is 2.23. The van der Waals surface area contributed by atoms with E-state index in [1.165, 1.54) is 0 Å². The second kappa shape index (κ2) is 5.39. The zero-order valence-corrected chi connectivity index (χ0v) is 9.90. The minimum atomic E-state index is -0.451. The van der Waals surface area contributed by atoms with Gasteiger partial charge in [0.15, 0.2) is 0 Å². The molecule has 3 amide bonds. The van der Waals surface area contributed by atoms with Crippen molar-refractivity contribution in [3.8, 4) is 0 Å². The van der Waals surface area contributed by atoms with E-state index in [1.807, 2.05) is 0 Å². The highest BCUT2D eigenvalue weighted by atomic mass is 16.2. The van der Waals surface area contributed by atoms with Crippen LogP contribution < -0.4 is 21.7 Å². The van der Waals surface area contributed by atoms with Crippen LogP contribution in [0, 0.1) is 0 Å². The number of piperidine rings is 1. The lowest BCUT2D eigenvalue weighted by Crippen LogP contribution is -2.51. The minimum Gasteiger partial charge on any atom is -0.399 e. The van der Waals surface area contributed by atoms with Crippen LogP contribution in [0.15, 0.2) is 24.3 Å². The molecule has 1 aromatic rings. The maximum Gasteiger partial charge on any atom is 0.319 e. The summed E-state index contributed by atoms with van der Waals surface area (Å²) in [5.41, 5.74) is 6.81. The Kier molecular flexibility index (Phi) is 3.66. The van der Waals surface area contributed by atoms with E-state index >= 15 is 0 Å². The largest absolute Gasteiger partial charge is 0.399 e. The molecule has 0 aliphatic carbocycles. The van der Waals surface area contributed by atoms with Crippen molar-refractivity contribution in [3.05, 3.63) is 24.3 Å². The van der Waals surface area contributed by atoms with Crippen LogP contribution in [0.25, 0.3) is 0 Å². The van der Waals surface area contributed by atoms with Gasteiger partial charge in [-0.15, -0.1) is 0 Å². The van der Waals surface area contributed by atoms with Gasteiger partial charge in [0.25, 0.3) is 0 Å². The van der Waals surface area contributed by atoms with Gasteiger partial charge in [-0.3, -0.25) is 4.79 Å². The number of nitrogen functional groups attached to an aromatic ring is 1. The number of carbonyl (C=O) groups excluding carboxylic acids is 2. The first kappa shape index (κ1) is 12.2. The van der Waals surface area contributed by atoms with E-state index in [9.17, 15) is 9.59 Å². The molecule has 96 valence electrons. The molecule has 1 fully saturated rings. The van der Waals surface area contributed by atoms with E-state index in [4.69, 9.17) is 5.73 Å². The van der Waals surface area contributed by atoms with E-state index in [1.54, 1.807) is 24.3 Å². The Morgan fingerprint density at radius 2 is 2.06 bits per heavy atom. The topological polar surface area (TPSA) is 96.2 Å². The van der Waals surface area contributed by atoms with Gasteiger partial charge in [-0.1, -0.05) is 0 Å². The van der Waals surface area contributed by atoms with Crippen molar-refractivity contribution in [1.82, 2.24) is 10.6 Å². The van der Waals surface area contributed by atoms with Gasteiger partial charge < -0.3 is 21.7 Å². The van der Waals surface area contributed by atoms with Gasteiger partial charge in [-0.2, -0.15) is 0 Å². The zero-order valence-electron chi connectivity index (χ0n) is 9.90. The lowest BCUT2D eigenvalue weighted by atomic mass is 10.1. The van der Waals surface area contributed by atoms with Crippen LogP contribution in [0.4, 0.5) is 16.2 Å². The third-order valence-corrected chi connectivity index (χ3v) is 2.76. The number of benzene rings is 1. The third kappa shape index (κ3) is 3.13. The molecule has 1 unspecified atom stereocenters. The number of amides is 3. The molecule has 0 saturated carbocycles. The van der Waals surface area contributed by atoms with Gasteiger partial charge in [0.2, 0.25) is 5.91 Å². The first-order chi connectivity index (χ1) is 8.65. The van der Waals surface area contributed by atoms with Crippen molar-refractivity contribution in [2.75, 3.05) is 17.6 Å². The van der Waals surface area contributed by atoms with Gasteiger partial charge in [0.05, 0.1) is 0 Å². The van der Waals surface area contributed by atoms with Gasteiger partial charge in [0.1, 0.15) is 6.04 Å². The second-order valence-electron chi connectivity index (χ2n) is 4.21. The summed E-state index contributed by atoms with van der Waals surface area (Å²) in [5, 5.41) is 8.00. The van der Waals surface area contributed by atoms with Crippen molar-refractivity contribution in [2.24, 2.45) is 0 Å². The Labute approximate surface area is 105 Å². The van der Waals surface area contributed by atoms with E-state index in [0.29, 0.717) is 24.3 Å². The molecule has 1 saturated heterocycles. The van der Waals surface area contributed by atoms with Crippen LogP contribution in [-0.2, 0) is 4.79 Å². The highest BCUT2D eigenvalue weighted by Crippen LogP contribution is 2.10. The lowest BCUT2D eigenvalue weighted by Gasteiger charge is -2.22. The van der Waals surface area contributed by atoms with E-state index in [0.717, 1.165) is 6.42 Å². The third-order valence-electron chi connectivity index (χ3n) is 2.76. The van der Waals surface area contributed by atoms with Crippen molar-refractivity contribution in [3.63, 3.8) is 0 Å². The van der Waals surface area contributed by atoms with E-state index < -0.39 is 6.04 Å². The molecule has 0 radical (unpaired) electrons. The van der Waals surface area contributed by atoms with Gasteiger partial charge in [0, 0.05) is 17.9 Å². The molecular formula is C12H16N4O2. The number of carbonyl (C=O) groups is 2. The molecule has 1 aliphatic rings. The predicted molar refractivity (Wildman–Crippen MR) is 69.0 cm³/mol.